The first-order valence-electron chi connectivity index (χ1n) is 7.73. The summed E-state index contributed by atoms with van der Waals surface area (Å²) in [5.41, 5.74) is 2.34. The third-order valence-electron chi connectivity index (χ3n) is 4.10. The van der Waals surface area contributed by atoms with E-state index in [9.17, 15) is 9.18 Å². The van der Waals surface area contributed by atoms with Gasteiger partial charge in [-0.25, -0.2) is 4.39 Å². The average molecular weight is 354 g/mol. The van der Waals surface area contributed by atoms with Gasteiger partial charge in [-0.1, -0.05) is 23.7 Å². The third kappa shape index (κ3) is 2.96. The zero-order valence-electron chi connectivity index (χ0n) is 13.1. The lowest BCUT2D eigenvalue weighted by Gasteiger charge is -2.05. The predicted molar refractivity (Wildman–Crippen MR) is 94.6 cm³/mol. The maximum Gasteiger partial charge on any atom is 0.230 e. The normalized spacial score (nSPS) is 11.1. The molecule has 0 fully saturated rings. The van der Waals surface area contributed by atoms with E-state index in [1.807, 2.05) is 10.6 Å². The molecule has 0 atom stereocenters. The second-order valence-electron chi connectivity index (χ2n) is 5.77. The molecule has 0 bridgehead atoms. The summed E-state index contributed by atoms with van der Waals surface area (Å²) in [6, 6.07) is 15.0. The van der Waals surface area contributed by atoms with E-state index in [0.29, 0.717) is 17.1 Å². The lowest BCUT2D eigenvalue weighted by atomic mass is 10.1. The lowest BCUT2D eigenvalue weighted by Crippen LogP contribution is -2.00. The van der Waals surface area contributed by atoms with Crippen LogP contribution in [0.2, 0.25) is 5.02 Å². The number of benzene rings is 2. The number of nitrogens with zero attached hydrogens (tertiary/aromatic N) is 1. The predicted octanol–water partition coefficient (Wildman–Crippen LogP) is 5.31. The number of furan rings is 1. The van der Waals surface area contributed by atoms with Crippen LogP contribution in [0.1, 0.15) is 21.7 Å². The van der Waals surface area contributed by atoms with E-state index in [4.69, 9.17) is 16.0 Å². The molecule has 0 saturated heterocycles. The van der Waals surface area contributed by atoms with Crippen molar-refractivity contribution in [2.75, 3.05) is 0 Å². The number of halogens is 2. The van der Waals surface area contributed by atoms with Gasteiger partial charge in [-0.3, -0.25) is 4.79 Å². The van der Waals surface area contributed by atoms with Crippen LogP contribution in [-0.4, -0.2) is 10.4 Å². The molecule has 124 valence electrons. The number of hydrogen-bond donors (Lipinski definition) is 0. The van der Waals surface area contributed by atoms with Crippen LogP contribution in [0.4, 0.5) is 4.39 Å². The van der Waals surface area contributed by atoms with Crippen LogP contribution in [0, 0.1) is 5.82 Å². The van der Waals surface area contributed by atoms with E-state index >= 15 is 0 Å². The van der Waals surface area contributed by atoms with E-state index in [2.05, 4.69) is 0 Å². The van der Waals surface area contributed by atoms with Crippen molar-refractivity contribution in [2.45, 2.75) is 6.54 Å². The van der Waals surface area contributed by atoms with Crippen LogP contribution < -0.4 is 0 Å². The molecule has 0 N–H and O–H groups in total. The van der Waals surface area contributed by atoms with E-state index in [0.717, 1.165) is 16.5 Å². The van der Waals surface area contributed by atoms with E-state index in [1.165, 1.54) is 18.4 Å². The lowest BCUT2D eigenvalue weighted by molar-refractivity contribution is 0.101. The number of carbonyl (C=O) groups excluding carboxylic acids is 1. The Balaban J connectivity index is 1.82. The first-order valence-corrected chi connectivity index (χ1v) is 8.10. The molecule has 3 nitrogen and oxygen atoms in total. The SMILES string of the molecule is O=C(c1ccco1)c1cn(Cc2ccc(F)cc2)c2ccc(Cl)cc12. The van der Waals surface area contributed by atoms with Gasteiger partial charge in [0.1, 0.15) is 5.82 Å². The fourth-order valence-electron chi connectivity index (χ4n) is 2.91. The molecule has 0 amide bonds. The monoisotopic (exact) mass is 353 g/mol. The molecule has 0 aliphatic rings. The summed E-state index contributed by atoms with van der Waals surface area (Å²) < 4.78 is 20.3. The maximum atomic E-state index is 13.1. The van der Waals surface area contributed by atoms with Crippen LogP contribution in [-0.2, 0) is 6.54 Å². The number of hydrogen-bond acceptors (Lipinski definition) is 2. The Kier molecular flexibility index (Phi) is 3.90. The molecule has 0 aliphatic heterocycles. The average Bonchev–Trinajstić information content (AvgIpc) is 3.25. The summed E-state index contributed by atoms with van der Waals surface area (Å²) in [6.45, 7) is 0.518. The maximum absolute atomic E-state index is 13.1. The first-order chi connectivity index (χ1) is 12.1. The van der Waals surface area contributed by atoms with Crippen LogP contribution in [0.25, 0.3) is 10.9 Å². The molecule has 0 spiro atoms. The van der Waals surface area contributed by atoms with Crippen molar-refractivity contribution in [2.24, 2.45) is 0 Å². The summed E-state index contributed by atoms with van der Waals surface area (Å²) in [6.07, 6.45) is 3.26. The summed E-state index contributed by atoms with van der Waals surface area (Å²) >= 11 is 6.12. The van der Waals surface area contributed by atoms with Gasteiger partial charge in [0.2, 0.25) is 5.78 Å². The molecule has 5 heteroatoms. The largest absolute Gasteiger partial charge is 0.461 e. The van der Waals surface area contributed by atoms with Crippen molar-refractivity contribution in [1.29, 1.82) is 0 Å². The number of carbonyl (C=O) groups is 1. The van der Waals surface area contributed by atoms with Crippen molar-refractivity contribution >= 4 is 28.3 Å². The standard InChI is InChI=1S/C20H13ClFNO2/c21-14-5-8-18-16(10-14)17(20(24)19-2-1-9-25-19)12-23(18)11-13-3-6-15(22)7-4-13/h1-10,12H,11H2. The number of ketones is 1. The Morgan fingerprint density at radius 3 is 2.64 bits per heavy atom. The van der Waals surface area contributed by atoms with Gasteiger partial charge in [-0.15, -0.1) is 0 Å². The highest BCUT2D eigenvalue weighted by molar-refractivity contribution is 6.31. The van der Waals surface area contributed by atoms with Gasteiger partial charge in [-0.2, -0.15) is 0 Å². The smallest absolute Gasteiger partial charge is 0.230 e. The van der Waals surface area contributed by atoms with Gasteiger partial charge in [-0.05, 0) is 48.0 Å². The van der Waals surface area contributed by atoms with Gasteiger partial charge in [0, 0.05) is 28.7 Å². The second-order valence-corrected chi connectivity index (χ2v) is 6.20. The molecule has 2 heterocycles. The highest BCUT2D eigenvalue weighted by Crippen LogP contribution is 2.28. The third-order valence-corrected chi connectivity index (χ3v) is 4.33. The van der Waals surface area contributed by atoms with Crippen molar-refractivity contribution < 1.29 is 13.6 Å². The molecule has 2 aromatic heterocycles. The van der Waals surface area contributed by atoms with Crippen molar-refractivity contribution in [3.8, 4) is 0 Å². The van der Waals surface area contributed by atoms with Gasteiger partial charge >= 0.3 is 0 Å². The van der Waals surface area contributed by atoms with E-state index in [1.54, 1.807) is 42.6 Å². The highest BCUT2D eigenvalue weighted by Gasteiger charge is 2.19. The van der Waals surface area contributed by atoms with Crippen molar-refractivity contribution in [3.63, 3.8) is 0 Å². The van der Waals surface area contributed by atoms with Gasteiger partial charge in [0.15, 0.2) is 5.76 Å². The fourth-order valence-corrected chi connectivity index (χ4v) is 3.08. The topological polar surface area (TPSA) is 35.1 Å². The summed E-state index contributed by atoms with van der Waals surface area (Å²) in [4.78, 5) is 12.7. The van der Waals surface area contributed by atoms with Crippen molar-refractivity contribution in [1.82, 2.24) is 4.57 Å². The van der Waals surface area contributed by atoms with E-state index in [-0.39, 0.29) is 17.4 Å². The van der Waals surface area contributed by atoms with Crippen molar-refractivity contribution in [3.05, 3.63) is 94.8 Å². The highest BCUT2D eigenvalue weighted by atomic mass is 35.5. The van der Waals surface area contributed by atoms with Crippen LogP contribution in [0.5, 0.6) is 0 Å². The Morgan fingerprint density at radius 2 is 1.92 bits per heavy atom. The summed E-state index contributed by atoms with van der Waals surface area (Å²) in [7, 11) is 0. The van der Waals surface area contributed by atoms with Gasteiger partial charge < -0.3 is 8.98 Å². The molecule has 0 aliphatic carbocycles. The Labute approximate surface area is 148 Å². The minimum absolute atomic E-state index is 0.199. The number of rotatable bonds is 4. The van der Waals surface area contributed by atoms with Crippen LogP contribution >= 0.6 is 11.6 Å². The fraction of sp³-hybridized carbons (Fsp3) is 0.0500. The zero-order valence-corrected chi connectivity index (χ0v) is 13.8. The number of aromatic nitrogens is 1. The number of fused-ring (bicyclic) bond motifs is 1. The van der Waals surface area contributed by atoms with Gasteiger partial charge in [0.25, 0.3) is 0 Å². The Morgan fingerprint density at radius 1 is 1.12 bits per heavy atom. The molecule has 4 aromatic rings. The minimum atomic E-state index is -0.276. The zero-order chi connectivity index (χ0) is 17.4. The molecule has 2 aromatic carbocycles. The quantitative estimate of drug-likeness (QED) is 0.466. The Hall–Kier alpha value is -2.85. The molecule has 0 unspecified atom stereocenters. The second kappa shape index (κ2) is 6.22. The molecular formula is C20H13ClFNO2. The minimum Gasteiger partial charge on any atom is -0.461 e. The van der Waals surface area contributed by atoms with Crippen LogP contribution in [0.3, 0.4) is 0 Å². The van der Waals surface area contributed by atoms with Crippen LogP contribution in [0.15, 0.2) is 71.5 Å². The first kappa shape index (κ1) is 15.7. The van der Waals surface area contributed by atoms with E-state index < -0.39 is 0 Å². The molecule has 25 heavy (non-hydrogen) atoms. The summed E-state index contributed by atoms with van der Waals surface area (Å²) in [5.74, 6) is -0.197. The molecule has 0 saturated carbocycles. The van der Waals surface area contributed by atoms with Gasteiger partial charge in [0.05, 0.1) is 11.8 Å². The molecule has 4 rings (SSSR count). The summed E-state index contributed by atoms with van der Waals surface area (Å²) in [5, 5.41) is 1.32. The Bertz CT molecular complexity index is 1050. The molecule has 0 radical (unpaired) electrons. The molecular weight excluding hydrogens is 341 g/mol.